The van der Waals surface area contributed by atoms with Crippen molar-refractivity contribution in [1.82, 2.24) is 0 Å². The van der Waals surface area contributed by atoms with Crippen molar-refractivity contribution in [3.63, 3.8) is 0 Å². The molecular weight excluding hydrogens is 389 g/mol. The average Bonchev–Trinajstić information content (AvgIpc) is 3.01. The van der Waals surface area contributed by atoms with E-state index in [-0.39, 0.29) is 18.3 Å². The molecule has 11 heteroatoms. The smallest absolute Gasteiger partial charge is 0.488 e. The first kappa shape index (κ1) is 19.0. The minimum atomic E-state index is -5.67. The number of anilines is 1. The molecule has 1 aliphatic heterocycles. The summed E-state index contributed by atoms with van der Waals surface area (Å²) in [5, 5.41) is 13.9. The van der Waals surface area contributed by atoms with Crippen molar-refractivity contribution >= 4 is 21.2 Å². The van der Waals surface area contributed by atoms with Gasteiger partial charge in [0.25, 0.3) is 15.5 Å². The van der Waals surface area contributed by atoms with E-state index in [9.17, 15) is 31.7 Å². The molecule has 0 spiro atoms. The number of fused-ring (bicyclic) bond motifs is 1. The molecule has 1 aliphatic rings. The summed E-state index contributed by atoms with van der Waals surface area (Å²) < 4.78 is 66.5. The molecule has 7 nitrogen and oxygen atoms in total. The molecule has 2 aromatic carbocycles. The summed E-state index contributed by atoms with van der Waals surface area (Å²) in [6.45, 7) is 0.154. The third kappa shape index (κ3) is 3.68. The van der Waals surface area contributed by atoms with Crippen LogP contribution in [0.5, 0.6) is 5.75 Å². The maximum Gasteiger partial charge on any atom is 0.501 e. The Labute approximate surface area is 151 Å². The first-order chi connectivity index (χ1) is 12.6. The van der Waals surface area contributed by atoms with Gasteiger partial charge in [-0.15, -0.1) is 0 Å². The molecule has 0 aliphatic carbocycles. The molecular formula is C16H13F3N2O5S. The van der Waals surface area contributed by atoms with Crippen LogP contribution in [-0.2, 0) is 16.3 Å². The Morgan fingerprint density at radius 1 is 1.22 bits per heavy atom. The molecule has 1 N–H and O–H groups in total. The highest BCUT2D eigenvalue weighted by atomic mass is 32.2. The highest BCUT2D eigenvalue weighted by Crippen LogP contribution is 2.35. The lowest BCUT2D eigenvalue weighted by molar-refractivity contribution is -0.384. The third-order valence-electron chi connectivity index (χ3n) is 4.01. The van der Waals surface area contributed by atoms with Gasteiger partial charge in [-0.1, -0.05) is 18.2 Å². The summed E-state index contributed by atoms with van der Waals surface area (Å²) in [5.41, 5.74) is -5.43. The number of sulfone groups is 1. The van der Waals surface area contributed by atoms with Gasteiger partial charge in [-0.05, 0) is 23.8 Å². The lowest BCUT2D eigenvalue weighted by Crippen LogP contribution is -2.25. The van der Waals surface area contributed by atoms with Crippen LogP contribution in [0.25, 0.3) is 0 Å². The van der Waals surface area contributed by atoms with Gasteiger partial charge in [-0.25, -0.2) is 8.42 Å². The normalized spacial score (nSPS) is 16.5. The molecule has 27 heavy (non-hydrogen) atoms. The van der Waals surface area contributed by atoms with E-state index in [0.29, 0.717) is 24.3 Å². The fourth-order valence-electron chi connectivity index (χ4n) is 2.70. The first-order valence-corrected chi connectivity index (χ1v) is 9.16. The molecule has 0 fully saturated rings. The molecule has 0 unspecified atom stereocenters. The zero-order valence-corrected chi connectivity index (χ0v) is 14.4. The lowest BCUT2D eigenvalue weighted by atomic mass is 10.1. The second-order valence-electron chi connectivity index (χ2n) is 5.82. The fraction of sp³-hybridized carbons (Fsp3) is 0.250. The summed E-state index contributed by atoms with van der Waals surface area (Å²) in [7, 11) is -5.67. The molecule has 0 saturated carbocycles. The molecule has 144 valence electrons. The van der Waals surface area contributed by atoms with Crippen molar-refractivity contribution in [3.05, 3.63) is 58.1 Å². The van der Waals surface area contributed by atoms with Crippen LogP contribution in [0.15, 0.2) is 47.4 Å². The Morgan fingerprint density at radius 2 is 1.93 bits per heavy atom. The summed E-state index contributed by atoms with van der Waals surface area (Å²) >= 11 is 0. The number of halogens is 3. The maximum atomic E-state index is 12.6. The molecule has 0 aromatic heterocycles. The van der Waals surface area contributed by atoms with E-state index in [1.807, 2.05) is 12.1 Å². The molecule has 1 heterocycles. The van der Waals surface area contributed by atoms with E-state index < -0.39 is 30.9 Å². The SMILES string of the molecule is O=[N+]([O-])c1cc(S(=O)(=O)C(F)(F)F)ccc1NC[C@H]1Cc2ccccc2O1. The Hall–Kier alpha value is -2.82. The zero-order valence-electron chi connectivity index (χ0n) is 13.6. The van der Waals surface area contributed by atoms with Crippen LogP contribution in [0.3, 0.4) is 0 Å². The van der Waals surface area contributed by atoms with Crippen molar-refractivity contribution in [1.29, 1.82) is 0 Å². The van der Waals surface area contributed by atoms with Crippen LogP contribution >= 0.6 is 0 Å². The largest absolute Gasteiger partial charge is 0.501 e. The van der Waals surface area contributed by atoms with Crippen LogP contribution in [0.4, 0.5) is 24.5 Å². The van der Waals surface area contributed by atoms with E-state index >= 15 is 0 Å². The van der Waals surface area contributed by atoms with Gasteiger partial charge >= 0.3 is 5.51 Å². The Morgan fingerprint density at radius 3 is 2.56 bits per heavy atom. The molecule has 0 amide bonds. The van der Waals surface area contributed by atoms with E-state index in [1.165, 1.54) is 0 Å². The van der Waals surface area contributed by atoms with Crippen LogP contribution in [0.1, 0.15) is 5.56 Å². The first-order valence-electron chi connectivity index (χ1n) is 7.68. The monoisotopic (exact) mass is 402 g/mol. The molecule has 0 radical (unpaired) electrons. The molecule has 1 atom stereocenters. The minimum Gasteiger partial charge on any atom is -0.488 e. The molecule has 2 aromatic rings. The summed E-state index contributed by atoms with van der Waals surface area (Å²) in [6.07, 6.45) is 0.248. The van der Waals surface area contributed by atoms with Crippen molar-refractivity contribution in [2.45, 2.75) is 22.9 Å². The highest BCUT2D eigenvalue weighted by Gasteiger charge is 2.47. The van der Waals surface area contributed by atoms with E-state index in [4.69, 9.17) is 4.74 Å². The number of nitro groups is 1. The Kier molecular flexibility index (Phi) is 4.72. The van der Waals surface area contributed by atoms with Gasteiger partial charge < -0.3 is 10.1 Å². The topological polar surface area (TPSA) is 98.5 Å². The number of nitro benzene ring substituents is 1. The Balaban J connectivity index is 1.80. The number of benzene rings is 2. The molecule has 0 bridgehead atoms. The van der Waals surface area contributed by atoms with Gasteiger partial charge in [0.2, 0.25) is 0 Å². The highest BCUT2D eigenvalue weighted by molar-refractivity contribution is 7.92. The number of alkyl halides is 3. The molecule has 3 rings (SSSR count). The van der Waals surface area contributed by atoms with Gasteiger partial charge in [-0.2, -0.15) is 13.2 Å². The van der Waals surface area contributed by atoms with Crippen molar-refractivity contribution in [2.75, 3.05) is 11.9 Å². The summed E-state index contributed by atoms with van der Waals surface area (Å²) in [6, 6.07) is 9.35. The van der Waals surface area contributed by atoms with Crippen LogP contribution in [0.2, 0.25) is 0 Å². The maximum absolute atomic E-state index is 12.6. The second-order valence-corrected chi connectivity index (χ2v) is 7.76. The van der Waals surface area contributed by atoms with Gasteiger partial charge in [0.15, 0.2) is 0 Å². The van der Waals surface area contributed by atoms with Crippen LogP contribution in [0, 0.1) is 10.1 Å². The van der Waals surface area contributed by atoms with Crippen LogP contribution < -0.4 is 10.1 Å². The standard InChI is InChI=1S/C16H13F3N2O5S/c17-16(18,19)27(24,25)12-5-6-13(14(8-12)21(22)23)20-9-11-7-10-3-1-2-4-15(10)26-11/h1-6,8,11,20H,7,9H2/t11-/m1/s1. The van der Waals surface area contributed by atoms with E-state index in [2.05, 4.69) is 5.32 Å². The number of nitrogens with zero attached hydrogens (tertiary/aromatic N) is 1. The quantitative estimate of drug-likeness (QED) is 0.609. The van der Waals surface area contributed by atoms with Gasteiger partial charge in [-0.3, -0.25) is 10.1 Å². The van der Waals surface area contributed by atoms with E-state index in [1.54, 1.807) is 12.1 Å². The number of nitrogens with one attached hydrogen (secondary N) is 1. The second kappa shape index (κ2) is 6.72. The number of hydrogen-bond acceptors (Lipinski definition) is 6. The summed E-state index contributed by atoms with van der Waals surface area (Å²) in [4.78, 5) is 9.06. The Bertz CT molecular complexity index is 967. The van der Waals surface area contributed by atoms with Gasteiger partial charge in [0.05, 0.1) is 16.4 Å². The van der Waals surface area contributed by atoms with Gasteiger partial charge in [0, 0.05) is 12.5 Å². The lowest BCUT2D eigenvalue weighted by Gasteiger charge is -2.14. The predicted molar refractivity (Wildman–Crippen MR) is 89.4 cm³/mol. The number of rotatable bonds is 5. The number of hydrogen-bond donors (Lipinski definition) is 1. The average molecular weight is 402 g/mol. The fourth-order valence-corrected chi connectivity index (χ4v) is 3.49. The van der Waals surface area contributed by atoms with Crippen molar-refractivity contribution < 1.29 is 31.2 Å². The van der Waals surface area contributed by atoms with Crippen molar-refractivity contribution in [3.8, 4) is 5.75 Å². The summed E-state index contributed by atoms with van der Waals surface area (Å²) in [5.74, 6) is 0.699. The van der Waals surface area contributed by atoms with E-state index in [0.717, 1.165) is 11.6 Å². The zero-order chi connectivity index (χ0) is 19.8. The molecule has 0 saturated heterocycles. The van der Waals surface area contributed by atoms with Crippen molar-refractivity contribution in [2.24, 2.45) is 0 Å². The predicted octanol–water partition coefficient (Wildman–Crippen LogP) is 3.30. The number of para-hydroxylation sites is 1. The van der Waals surface area contributed by atoms with Gasteiger partial charge in [0.1, 0.15) is 17.5 Å². The third-order valence-corrected chi connectivity index (χ3v) is 5.50. The van der Waals surface area contributed by atoms with Crippen LogP contribution in [-0.4, -0.2) is 31.5 Å². The number of ether oxygens (including phenoxy) is 1. The minimum absolute atomic E-state index is 0.0966.